The van der Waals surface area contributed by atoms with Crippen LogP contribution in [0.4, 0.5) is 16.2 Å². The summed E-state index contributed by atoms with van der Waals surface area (Å²) in [6.07, 6.45) is -0.324. The van der Waals surface area contributed by atoms with Crippen LogP contribution in [0.25, 0.3) is 10.6 Å². The lowest BCUT2D eigenvalue weighted by molar-refractivity contribution is -0.115. The summed E-state index contributed by atoms with van der Waals surface area (Å²) in [5.74, 6) is 0.101. The average molecular weight is 416 g/mol. The average Bonchev–Trinajstić information content (AvgIpc) is 3.31. The van der Waals surface area contributed by atoms with E-state index < -0.39 is 6.09 Å². The van der Waals surface area contributed by atoms with E-state index in [1.165, 1.54) is 11.3 Å². The van der Waals surface area contributed by atoms with Crippen molar-refractivity contribution in [2.24, 2.45) is 5.92 Å². The van der Waals surface area contributed by atoms with E-state index in [0.29, 0.717) is 18.0 Å². The van der Waals surface area contributed by atoms with E-state index in [1.54, 1.807) is 35.6 Å². The molecule has 2 N–H and O–H groups in total. The third-order valence-corrected chi connectivity index (χ3v) is 5.23. The Labute approximate surface area is 171 Å². The van der Waals surface area contributed by atoms with Crippen molar-refractivity contribution in [1.82, 2.24) is 4.98 Å². The van der Waals surface area contributed by atoms with Gasteiger partial charge in [0.05, 0.1) is 18.7 Å². The number of aromatic nitrogens is 1. The highest BCUT2D eigenvalue weighted by Gasteiger charge is 2.11. The molecule has 0 bridgehead atoms. The first kappa shape index (κ1) is 20.0. The van der Waals surface area contributed by atoms with Crippen LogP contribution in [0.3, 0.4) is 0 Å². The normalized spacial score (nSPS) is 10.7. The van der Waals surface area contributed by atoms with E-state index >= 15 is 0 Å². The molecule has 146 valence electrons. The van der Waals surface area contributed by atoms with E-state index in [4.69, 9.17) is 4.74 Å². The zero-order chi connectivity index (χ0) is 19.9. The van der Waals surface area contributed by atoms with Gasteiger partial charge in [-0.1, -0.05) is 19.9 Å². The predicted octanol–water partition coefficient (Wildman–Crippen LogP) is 5.26. The first-order valence-corrected chi connectivity index (χ1v) is 10.6. The highest BCUT2D eigenvalue weighted by molar-refractivity contribution is 7.14. The van der Waals surface area contributed by atoms with Crippen molar-refractivity contribution in [2.45, 2.75) is 20.3 Å². The zero-order valence-electron chi connectivity index (χ0n) is 15.6. The van der Waals surface area contributed by atoms with Gasteiger partial charge in [-0.2, -0.15) is 11.3 Å². The number of ether oxygens (including phenoxy) is 1. The van der Waals surface area contributed by atoms with E-state index in [-0.39, 0.29) is 18.2 Å². The van der Waals surface area contributed by atoms with Crippen LogP contribution in [-0.4, -0.2) is 23.6 Å². The number of nitrogens with one attached hydrogen (secondary N) is 2. The summed E-state index contributed by atoms with van der Waals surface area (Å²) >= 11 is 3.14. The number of thiophene rings is 1. The van der Waals surface area contributed by atoms with Gasteiger partial charge in [-0.3, -0.25) is 10.1 Å². The third kappa shape index (κ3) is 5.90. The van der Waals surface area contributed by atoms with Crippen LogP contribution >= 0.6 is 22.7 Å². The molecule has 6 nitrogen and oxygen atoms in total. The molecule has 0 atom stereocenters. The van der Waals surface area contributed by atoms with Crippen molar-refractivity contribution >= 4 is 46.0 Å². The molecule has 0 aliphatic heterocycles. The summed E-state index contributed by atoms with van der Waals surface area (Å²) in [7, 11) is 0. The molecule has 3 rings (SSSR count). The second kappa shape index (κ2) is 9.48. The van der Waals surface area contributed by atoms with Gasteiger partial charge < -0.3 is 10.1 Å². The molecular weight excluding hydrogens is 394 g/mol. The van der Waals surface area contributed by atoms with Gasteiger partial charge in [0.2, 0.25) is 5.91 Å². The lowest BCUT2D eigenvalue weighted by atomic mass is 10.2. The number of rotatable bonds is 7. The van der Waals surface area contributed by atoms with Gasteiger partial charge in [0.1, 0.15) is 5.01 Å². The number of thiazole rings is 1. The van der Waals surface area contributed by atoms with E-state index in [2.05, 4.69) is 15.6 Å². The maximum Gasteiger partial charge on any atom is 0.411 e. The Morgan fingerprint density at radius 1 is 1.14 bits per heavy atom. The number of amides is 2. The summed E-state index contributed by atoms with van der Waals surface area (Å²) in [4.78, 5) is 28.6. The van der Waals surface area contributed by atoms with Gasteiger partial charge >= 0.3 is 6.09 Å². The minimum atomic E-state index is -0.513. The molecule has 1 aromatic carbocycles. The molecule has 8 heteroatoms. The van der Waals surface area contributed by atoms with Gasteiger partial charge in [0.25, 0.3) is 0 Å². The van der Waals surface area contributed by atoms with Gasteiger partial charge in [0.15, 0.2) is 0 Å². The fourth-order valence-corrected chi connectivity index (χ4v) is 3.88. The van der Waals surface area contributed by atoms with E-state index in [9.17, 15) is 9.59 Å². The Morgan fingerprint density at radius 3 is 2.64 bits per heavy atom. The zero-order valence-corrected chi connectivity index (χ0v) is 17.2. The van der Waals surface area contributed by atoms with E-state index in [0.717, 1.165) is 16.3 Å². The third-order valence-electron chi connectivity index (χ3n) is 3.60. The van der Waals surface area contributed by atoms with Crippen LogP contribution in [0.5, 0.6) is 0 Å². The van der Waals surface area contributed by atoms with Crippen LogP contribution in [0.15, 0.2) is 46.5 Å². The number of hydrogen-bond donors (Lipinski definition) is 2. The molecule has 3 aromatic rings. The molecule has 2 aromatic heterocycles. The van der Waals surface area contributed by atoms with Gasteiger partial charge in [-0.15, -0.1) is 11.3 Å². The van der Waals surface area contributed by atoms with Gasteiger partial charge in [0, 0.05) is 27.7 Å². The molecule has 28 heavy (non-hydrogen) atoms. The second-order valence-electron chi connectivity index (χ2n) is 6.58. The predicted molar refractivity (Wildman–Crippen MR) is 114 cm³/mol. The lowest BCUT2D eigenvalue weighted by Gasteiger charge is -2.10. The SMILES string of the molecule is CC(C)COC(=O)Nc1cccc(NC(=O)Cc2csc(-c3ccsc3)n2)c1. The standard InChI is InChI=1S/C20H21N3O3S2/c1-13(2)10-26-20(25)23-16-5-3-4-15(8-16)21-18(24)9-17-12-28-19(22-17)14-6-7-27-11-14/h3-8,11-13H,9-10H2,1-2H3,(H,21,24)(H,23,25). The molecular formula is C20H21N3O3S2. The first-order valence-electron chi connectivity index (χ1n) is 8.80. The first-order chi connectivity index (χ1) is 13.5. The number of carbonyl (C=O) groups excluding carboxylic acids is 2. The summed E-state index contributed by atoms with van der Waals surface area (Å²) in [5, 5.41) is 12.3. The molecule has 0 aliphatic carbocycles. The number of nitrogens with zero attached hydrogens (tertiary/aromatic N) is 1. The lowest BCUT2D eigenvalue weighted by Crippen LogP contribution is -2.17. The molecule has 0 saturated carbocycles. The van der Waals surface area contributed by atoms with Crippen molar-refractivity contribution in [3.8, 4) is 10.6 Å². The topological polar surface area (TPSA) is 80.3 Å². The maximum absolute atomic E-state index is 12.3. The molecule has 0 aliphatic rings. The summed E-state index contributed by atoms with van der Waals surface area (Å²) in [6.45, 7) is 4.29. The highest BCUT2D eigenvalue weighted by atomic mass is 32.1. The number of anilines is 2. The molecule has 0 radical (unpaired) electrons. The smallest absolute Gasteiger partial charge is 0.411 e. The van der Waals surface area contributed by atoms with Crippen molar-refractivity contribution in [3.05, 3.63) is 52.2 Å². The Balaban J connectivity index is 1.55. The van der Waals surface area contributed by atoms with Crippen LogP contribution in [0.2, 0.25) is 0 Å². The van der Waals surface area contributed by atoms with Crippen LogP contribution in [-0.2, 0) is 16.0 Å². The van der Waals surface area contributed by atoms with Gasteiger partial charge in [-0.25, -0.2) is 9.78 Å². The summed E-state index contributed by atoms with van der Waals surface area (Å²) in [5.41, 5.74) is 2.96. The fourth-order valence-electron chi connectivity index (χ4n) is 2.35. The monoisotopic (exact) mass is 415 g/mol. The quantitative estimate of drug-likeness (QED) is 0.552. The molecule has 0 fully saturated rings. The van der Waals surface area contributed by atoms with Gasteiger partial charge in [-0.05, 0) is 35.6 Å². The Morgan fingerprint density at radius 2 is 1.93 bits per heavy atom. The number of benzene rings is 1. The molecule has 0 unspecified atom stereocenters. The Bertz CT molecular complexity index is 936. The van der Waals surface area contributed by atoms with Crippen LogP contribution < -0.4 is 10.6 Å². The van der Waals surface area contributed by atoms with Crippen LogP contribution in [0, 0.1) is 5.92 Å². The number of hydrogen-bond acceptors (Lipinski definition) is 6. The number of carbonyl (C=O) groups is 2. The Kier molecular flexibility index (Phi) is 6.78. The molecule has 2 amide bonds. The summed E-state index contributed by atoms with van der Waals surface area (Å²) in [6, 6.07) is 8.95. The van der Waals surface area contributed by atoms with Crippen molar-refractivity contribution in [3.63, 3.8) is 0 Å². The molecule has 2 heterocycles. The minimum Gasteiger partial charge on any atom is -0.449 e. The fraction of sp³-hybridized carbons (Fsp3) is 0.250. The highest BCUT2D eigenvalue weighted by Crippen LogP contribution is 2.26. The van der Waals surface area contributed by atoms with Crippen molar-refractivity contribution < 1.29 is 14.3 Å². The molecule has 0 spiro atoms. The second-order valence-corrected chi connectivity index (χ2v) is 8.22. The van der Waals surface area contributed by atoms with E-state index in [1.807, 2.05) is 36.1 Å². The van der Waals surface area contributed by atoms with Crippen LogP contribution in [0.1, 0.15) is 19.5 Å². The maximum atomic E-state index is 12.3. The van der Waals surface area contributed by atoms with Crippen molar-refractivity contribution in [2.75, 3.05) is 17.2 Å². The largest absolute Gasteiger partial charge is 0.449 e. The molecule has 0 saturated heterocycles. The summed E-state index contributed by atoms with van der Waals surface area (Å²) < 4.78 is 5.10. The minimum absolute atomic E-state index is 0.165. The van der Waals surface area contributed by atoms with Crippen molar-refractivity contribution in [1.29, 1.82) is 0 Å². The Hall–Kier alpha value is -2.71.